The minimum absolute atomic E-state index is 0.0264. The molecule has 1 rings (SSSR count). The van der Waals surface area contributed by atoms with Crippen LogP contribution in [0.1, 0.15) is 40.5 Å². The third kappa shape index (κ3) is 4.73. The third-order valence-corrected chi connectivity index (χ3v) is 3.57. The molecule has 0 spiro atoms. The Bertz CT molecular complexity index is 338. The number of nitrogens with two attached hydrogens (primary N) is 1. The van der Waals surface area contributed by atoms with Gasteiger partial charge in [0.25, 0.3) is 0 Å². The molecule has 5 nitrogen and oxygen atoms in total. The molecule has 1 saturated heterocycles. The summed E-state index contributed by atoms with van der Waals surface area (Å²) in [6, 6.07) is 0. The molecule has 0 aromatic carbocycles. The molecule has 5 heteroatoms. The second-order valence-electron chi connectivity index (χ2n) is 6.11. The average molecular weight is 268 g/mol. The predicted octanol–water partition coefficient (Wildman–Crippen LogP) is 1.20. The summed E-state index contributed by atoms with van der Waals surface area (Å²) in [5.74, 6) is 1.27. The van der Waals surface area contributed by atoms with Gasteiger partial charge in [-0.2, -0.15) is 0 Å². The molecular weight excluding hydrogens is 240 g/mol. The van der Waals surface area contributed by atoms with Crippen molar-refractivity contribution in [1.82, 2.24) is 10.2 Å². The van der Waals surface area contributed by atoms with Crippen LogP contribution < -0.4 is 11.1 Å². The highest BCUT2D eigenvalue weighted by Gasteiger charge is 2.27. The molecule has 19 heavy (non-hydrogen) atoms. The molecule has 1 heterocycles. The highest BCUT2D eigenvalue weighted by molar-refractivity contribution is 5.83. The summed E-state index contributed by atoms with van der Waals surface area (Å²) < 4.78 is 0. The lowest BCUT2D eigenvalue weighted by Crippen LogP contribution is -2.45. The quantitative estimate of drug-likeness (QED) is 0.594. The first-order valence-electron chi connectivity index (χ1n) is 7.20. The molecule has 1 aliphatic rings. The predicted molar refractivity (Wildman–Crippen MR) is 78.9 cm³/mol. The van der Waals surface area contributed by atoms with Gasteiger partial charge in [0.1, 0.15) is 0 Å². The number of rotatable bonds is 4. The lowest BCUT2D eigenvalue weighted by Gasteiger charge is -2.32. The number of nitrogens with one attached hydrogen (secondary N) is 1. The fourth-order valence-electron chi connectivity index (χ4n) is 2.25. The molecule has 110 valence electrons. The minimum Gasteiger partial charge on any atom is -0.370 e. The summed E-state index contributed by atoms with van der Waals surface area (Å²) in [6.45, 7) is 11.0. The Hall–Kier alpha value is -1.26. The van der Waals surface area contributed by atoms with Crippen LogP contribution in [0, 0.1) is 11.3 Å². The monoisotopic (exact) mass is 268 g/mol. The first-order chi connectivity index (χ1) is 8.86. The molecule has 3 N–H and O–H groups in total. The zero-order chi connectivity index (χ0) is 14.5. The topological polar surface area (TPSA) is 70.7 Å². The van der Waals surface area contributed by atoms with Crippen LogP contribution in [0.4, 0.5) is 0 Å². The van der Waals surface area contributed by atoms with Crippen LogP contribution >= 0.6 is 0 Å². The van der Waals surface area contributed by atoms with Crippen molar-refractivity contribution in [3.8, 4) is 0 Å². The Kier molecular flexibility index (Phi) is 5.63. The second kappa shape index (κ2) is 6.78. The van der Waals surface area contributed by atoms with E-state index in [0.29, 0.717) is 25.0 Å². The van der Waals surface area contributed by atoms with E-state index in [9.17, 15) is 4.79 Å². The first kappa shape index (κ1) is 15.8. The molecule has 1 unspecified atom stereocenters. The van der Waals surface area contributed by atoms with Gasteiger partial charge < -0.3 is 16.0 Å². The summed E-state index contributed by atoms with van der Waals surface area (Å²) in [5, 5.41) is 2.83. The number of hydrogen-bond acceptors (Lipinski definition) is 2. The molecular formula is C14H28N4O. The maximum Gasteiger partial charge on any atom is 0.227 e. The average Bonchev–Trinajstić information content (AvgIpc) is 2.36. The molecule has 1 aliphatic heterocycles. The van der Waals surface area contributed by atoms with E-state index in [1.54, 1.807) is 0 Å². The number of amides is 1. The van der Waals surface area contributed by atoms with E-state index in [1.165, 1.54) is 6.42 Å². The van der Waals surface area contributed by atoms with Crippen molar-refractivity contribution in [2.45, 2.75) is 40.5 Å². The summed E-state index contributed by atoms with van der Waals surface area (Å²) in [4.78, 5) is 18.4. The van der Waals surface area contributed by atoms with Crippen LogP contribution in [-0.4, -0.2) is 42.9 Å². The van der Waals surface area contributed by atoms with E-state index >= 15 is 0 Å². The van der Waals surface area contributed by atoms with Gasteiger partial charge in [0.2, 0.25) is 5.91 Å². The zero-order valence-electron chi connectivity index (χ0n) is 12.7. The molecule has 0 bridgehead atoms. The van der Waals surface area contributed by atoms with E-state index in [2.05, 4.69) is 22.1 Å². The van der Waals surface area contributed by atoms with E-state index in [4.69, 9.17) is 5.73 Å². The summed E-state index contributed by atoms with van der Waals surface area (Å²) in [5.41, 5.74) is 5.52. The number of nitrogens with zero attached hydrogens (tertiary/aromatic N) is 2. The number of hydrogen-bond donors (Lipinski definition) is 2. The van der Waals surface area contributed by atoms with Gasteiger partial charge >= 0.3 is 0 Å². The number of piperidine rings is 1. The molecule has 0 aromatic rings. The van der Waals surface area contributed by atoms with Gasteiger partial charge in [0.05, 0.1) is 12.0 Å². The Balaban J connectivity index is 2.56. The smallest absolute Gasteiger partial charge is 0.227 e. The molecule has 0 radical (unpaired) electrons. The number of guanidine groups is 1. The molecule has 1 amide bonds. The van der Waals surface area contributed by atoms with Gasteiger partial charge in [-0.05, 0) is 39.5 Å². The Labute approximate surface area is 116 Å². The van der Waals surface area contributed by atoms with Crippen LogP contribution in [-0.2, 0) is 4.79 Å². The summed E-state index contributed by atoms with van der Waals surface area (Å²) >= 11 is 0. The van der Waals surface area contributed by atoms with Crippen LogP contribution in [0.25, 0.3) is 0 Å². The largest absolute Gasteiger partial charge is 0.370 e. The fraction of sp³-hybridized carbons (Fsp3) is 0.857. The van der Waals surface area contributed by atoms with Crippen LogP contribution in [0.5, 0.6) is 0 Å². The second-order valence-corrected chi connectivity index (χ2v) is 6.11. The highest BCUT2D eigenvalue weighted by atomic mass is 16.2. The molecule has 1 atom stereocenters. The van der Waals surface area contributed by atoms with E-state index in [-0.39, 0.29) is 5.91 Å². The molecule has 1 fully saturated rings. The maximum atomic E-state index is 11.9. The zero-order valence-corrected chi connectivity index (χ0v) is 12.7. The fourth-order valence-corrected chi connectivity index (χ4v) is 2.25. The van der Waals surface area contributed by atoms with Gasteiger partial charge in [-0.3, -0.25) is 9.79 Å². The number of carbonyl (C=O) groups is 1. The van der Waals surface area contributed by atoms with Gasteiger partial charge in [-0.15, -0.1) is 0 Å². The highest BCUT2D eigenvalue weighted by Crippen LogP contribution is 2.17. The molecule has 0 aliphatic carbocycles. The van der Waals surface area contributed by atoms with Crippen molar-refractivity contribution in [3.63, 3.8) is 0 Å². The van der Waals surface area contributed by atoms with E-state index < -0.39 is 5.41 Å². The molecule has 0 saturated carbocycles. The maximum absolute atomic E-state index is 11.9. The van der Waals surface area contributed by atoms with Crippen molar-refractivity contribution in [3.05, 3.63) is 0 Å². The number of aliphatic imine (C=N–C) groups is 1. The third-order valence-electron chi connectivity index (χ3n) is 3.57. The van der Waals surface area contributed by atoms with Gasteiger partial charge in [0, 0.05) is 19.6 Å². The van der Waals surface area contributed by atoms with Gasteiger partial charge in [-0.25, -0.2) is 0 Å². The van der Waals surface area contributed by atoms with Crippen LogP contribution in [0.3, 0.4) is 0 Å². The summed E-state index contributed by atoms with van der Waals surface area (Å²) in [7, 11) is 0. The first-order valence-corrected chi connectivity index (χ1v) is 7.20. The lowest BCUT2D eigenvalue weighted by atomic mass is 9.92. The van der Waals surface area contributed by atoms with Crippen molar-refractivity contribution in [2.75, 3.05) is 26.2 Å². The number of carbonyl (C=O) groups excluding carboxylic acids is 1. The standard InChI is InChI=1S/C14H28N4O/c1-5-16-12(19)14(3,4)10-17-13(15)18-8-6-7-11(2)9-18/h11H,5-10H2,1-4H3,(H2,15,17)(H,16,19). The van der Waals surface area contributed by atoms with Gasteiger partial charge in [-0.1, -0.05) is 6.92 Å². The van der Waals surface area contributed by atoms with E-state index in [1.807, 2.05) is 20.8 Å². The SMILES string of the molecule is CCNC(=O)C(C)(C)CN=C(N)N1CCCC(C)C1. The Morgan fingerprint density at radius 1 is 1.53 bits per heavy atom. The Morgan fingerprint density at radius 2 is 2.21 bits per heavy atom. The van der Waals surface area contributed by atoms with Crippen LogP contribution in [0.2, 0.25) is 0 Å². The minimum atomic E-state index is -0.512. The van der Waals surface area contributed by atoms with Crippen molar-refractivity contribution in [2.24, 2.45) is 22.1 Å². The van der Waals surface area contributed by atoms with Crippen molar-refractivity contribution in [1.29, 1.82) is 0 Å². The van der Waals surface area contributed by atoms with Gasteiger partial charge in [0.15, 0.2) is 5.96 Å². The lowest BCUT2D eigenvalue weighted by molar-refractivity contribution is -0.128. The van der Waals surface area contributed by atoms with Crippen molar-refractivity contribution >= 4 is 11.9 Å². The normalized spacial score (nSPS) is 21.4. The molecule has 0 aromatic heterocycles. The van der Waals surface area contributed by atoms with Crippen LogP contribution in [0.15, 0.2) is 4.99 Å². The number of likely N-dealkylation sites (tertiary alicyclic amines) is 1. The Morgan fingerprint density at radius 3 is 2.79 bits per heavy atom. The summed E-state index contributed by atoms with van der Waals surface area (Å²) in [6.07, 6.45) is 2.42. The van der Waals surface area contributed by atoms with E-state index in [0.717, 1.165) is 19.5 Å². The van der Waals surface area contributed by atoms with Crippen molar-refractivity contribution < 1.29 is 4.79 Å².